The van der Waals surface area contributed by atoms with Gasteiger partial charge in [-0.1, -0.05) is 0 Å². The van der Waals surface area contributed by atoms with E-state index in [1.165, 1.54) is 18.2 Å². The van der Waals surface area contributed by atoms with Gasteiger partial charge in [0.2, 0.25) is 0 Å². The monoisotopic (exact) mass is 222 g/mol. The Morgan fingerprint density at radius 2 is 2.31 bits per heavy atom. The third-order valence-corrected chi connectivity index (χ3v) is 1.91. The fraction of sp³-hybridized carbons (Fsp3) is 0. The first kappa shape index (κ1) is 10.1. The second-order valence-corrected chi connectivity index (χ2v) is 2.90. The summed E-state index contributed by atoms with van der Waals surface area (Å²) in [6.07, 6.45) is 0. The molecule has 0 unspecified atom stereocenters. The summed E-state index contributed by atoms with van der Waals surface area (Å²) in [6.45, 7) is 0. The maximum atomic E-state index is 11.1. The molecule has 2 aromatic rings. The molecular formula is C8H6N4O4. The molecule has 0 aliphatic carbocycles. The molecule has 8 heteroatoms. The molecule has 8 nitrogen and oxygen atoms in total. The van der Waals surface area contributed by atoms with E-state index >= 15 is 0 Å². The van der Waals surface area contributed by atoms with Crippen molar-refractivity contribution in [2.75, 3.05) is 0 Å². The van der Waals surface area contributed by atoms with Crippen LogP contribution in [-0.4, -0.2) is 15.8 Å². The minimum absolute atomic E-state index is 0.136. The van der Waals surface area contributed by atoms with Crippen LogP contribution in [0.4, 0.5) is 5.69 Å². The Kier molecular flexibility index (Phi) is 2.25. The average Bonchev–Trinajstić information content (AvgIpc) is 2.70. The normalized spacial score (nSPS) is 10.3. The number of rotatable bonds is 2. The molecule has 0 saturated carbocycles. The minimum atomic E-state index is -0.696. The lowest BCUT2D eigenvalue weighted by molar-refractivity contribution is -0.384. The third kappa shape index (κ3) is 1.57. The largest absolute Gasteiger partial charge is 0.432 e. The van der Waals surface area contributed by atoms with Gasteiger partial charge in [0, 0.05) is 6.07 Å². The van der Waals surface area contributed by atoms with Crippen LogP contribution >= 0.6 is 0 Å². The fourth-order valence-corrected chi connectivity index (χ4v) is 1.19. The molecular weight excluding hydrogens is 216 g/mol. The van der Waals surface area contributed by atoms with Crippen molar-refractivity contribution in [1.29, 1.82) is 0 Å². The summed E-state index contributed by atoms with van der Waals surface area (Å²) in [4.78, 5) is 24.8. The molecule has 1 amide bonds. The van der Waals surface area contributed by atoms with Gasteiger partial charge in [-0.3, -0.25) is 20.3 Å². The number of hydrazine groups is 1. The molecule has 0 bridgehead atoms. The minimum Gasteiger partial charge on any atom is -0.432 e. The number of nitrogens with two attached hydrogens (primary N) is 1. The quantitative estimate of drug-likeness (QED) is 0.326. The molecule has 0 aliphatic heterocycles. The number of carbonyl (C=O) groups excluding carboxylic acids is 1. The summed E-state index contributed by atoms with van der Waals surface area (Å²) in [5, 5.41) is 10.5. The predicted octanol–water partition coefficient (Wildman–Crippen LogP) is 0.339. The number of benzene rings is 1. The van der Waals surface area contributed by atoms with E-state index < -0.39 is 10.8 Å². The molecule has 0 spiro atoms. The third-order valence-electron chi connectivity index (χ3n) is 1.91. The number of non-ortho nitro benzene ring substituents is 1. The van der Waals surface area contributed by atoms with Crippen LogP contribution in [0.25, 0.3) is 11.1 Å². The lowest BCUT2D eigenvalue weighted by atomic mass is 10.3. The molecule has 2 rings (SSSR count). The zero-order valence-corrected chi connectivity index (χ0v) is 7.84. The van der Waals surface area contributed by atoms with E-state index in [1.807, 2.05) is 5.43 Å². The SMILES string of the molecule is NNC(=O)c1nc2ccc([N+](=O)[O-])cc2o1. The summed E-state index contributed by atoms with van der Waals surface area (Å²) in [7, 11) is 0. The highest BCUT2D eigenvalue weighted by molar-refractivity contribution is 5.92. The Bertz CT molecular complexity index is 576. The van der Waals surface area contributed by atoms with Crippen LogP contribution in [0.5, 0.6) is 0 Å². The van der Waals surface area contributed by atoms with Crippen LogP contribution in [0.3, 0.4) is 0 Å². The maximum absolute atomic E-state index is 11.1. The van der Waals surface area contributed by atoms with Gasteiger partial charge in [0.15, 0.2) is 5.58 Å². The average molecular weight is 222 g/mol. The van der Waals surface area contributed by atoms with Gasteiger partial charge in [-0.15, -0.1) is 0 Å². The van der Waals surface area contributed by atoms with Crippen molar-refractivity contribution in [1.82, 2.24) is 10.4 Å². The topological polar surface area (TPSA) is 124 Å². The number of hydrogen-bond acceptors (Lipinski definition) is 6. The van der Waals surface area contributed by atoms with Gasteiger partial charge in [-0.2, -0.15) is 0 Å². The predicted molar refractivity (Wildman–Crippen MR) is 52.3 cm³/mol. The highest BCUT2D eigenvalue weighted by atomic mass is 16.6. The van der Waals surface area contributed by atoms with Crippen LogP contribution in [-0.2, 0) is 0 Å². The number of nitrogens with zero attached hydrogens (tertiary/aromatic N) is 2. The zero-order chi connectivity index (χ0) is 11.7. The molecule has 1 aromatic carbocycles. The van der Waals surface area contributed by atoms with Crippen molar-refractivity contribution < 1.29 is 14.1 Å². The van der Waals surface area contributed by atoms with Crippen molar-refractivity contribution in [3.8, 4) is 0 Å². The lowest BCUT2D eigenvalue weighted by Gasteiger charge is -1.89. The number of oxazole rings is 1. The molecule has 16 heavy (non-hydrogen) atoms. The number of aromatic nitrogens is 1. The number of fused-ring (bicyclic) bond motifs is 1. The van der Waals surface area contributed by atoms with Crippen LogP contribution in [0.15, 0.2) is 22.6 Å². The number of nitro benzene ring substituents is 1. The molecule has 3 N–H and O–H groups in total. The Morgan fingerprint density at radius 1 is 1.56 bits per heavy atom. The Labute approximate surface area is 88.2 Å². The van der Waals surface area contributed by atoms with E-state index in [0.717, 1.165) is 0 Å². The molecule has 0 saturated heterocycles. The van der Waals surface area contributed by atoms with Gasteiger partial charge in [0.1, 0.15) is 5.52 Å². The first-order valence-corrected chi connectivity index (χ1v) is 4.18. The highest BCUT2D eigenvalue weighted by Crippen LogP contribution is 2.21. The second kappa shape index (κ2) is 3.59. The Balaban J connectivity index is 2.54. The van der Waals surface area contributed by atoms with Crippen LogP contribution in [0, 0.1) is 10.1 Å². The van der Waals surface area contributed by atoms with Crippen molar-refractivity contribution in [2.45, 2.75) is 0 Å². The summed E-state index contributed by atoms with van der Waals surface area (Å²) in [5.74, 6) is 3.96. The van der Waals surface area contributed by atoms with Crippen LogP contribution < -0.4 is 11.3 Å². The molecule has 0 radical (unpaired) electrons. The van der Waals surface area contributed by atoms with Gasteiger partial charge in [-0.05, 0) is 6.07 Å². The second-order valence-electron chi connectivity index (χ2n) is 2.90. The number of nitro groups is 1. The van der Waals surface area contributed by atoms with Gasteiger partial charge < -0.3 is 4.42 Å². The van der Waals surface area contributed by atoms with Gasteiger partial charge in [0.05, 0.1) is 11.0 Å². The van der Waals surface area contributed by atoms with E-state index in [1.54, 1.807) is 0 Å². The van der Waals surface area contributed by atoms with Gasteiger partial charge in [0.25, 0.3) is 11.6 Å². The van der Waals surface area contributed by atoms with E-state index in [-0.39, 0.29) is 17.2 Å². The zero-order valence-electron chi connectivity index (χ0n) is 7.84. The smallest absolute Gasteiger partial charge is 0.321 e. The molecule has 0 atom stereocenters. The highest BCUT2D eigenvalue weighted by Gasteiger charge is 2.15. The number of hydrogen-bond donors (Lipinski definition) is 2. The van der Waals surface area contributed by atoms with Gasteiger partial charge in [-0.25, -0.2) is 10.8 Å². The number of nitrogen functional groups attached to an aromatic ring is 1. The van der Waals surface area contributed by atoms with E-state index in [0.29, 0.717) is 5.52 Å². The summed E-state index contributed by atoms with van der Waals surface area (Å²) in [6, 6.07) is 3.86. The Morgan fingerprint density at radius 3 is 2.94 bits per heavy atom. The standard InChI is InChI=1S/C8H6N4O4/c9-11-7(13)8-10-5-2-1-4(12(14)15)3-6(5)16-8/h1-3H,9H2,(H,11,13). The summed E-state index contributed by atoms with van der Waals surface area (Å²) < 4.78 is 5.00. The van der Waals surface area contributed by atoms with Crippen LogP contribution in [0.1, 0.15) is 10.7 Å². The van der Waals surface area contributed by atoms with E-state index in [2.05, 4.69) is 4.98 Å². The molecule has 0 fully saturated rings. The number of carbonyl (C=O) groups is 1. The summed E-state index contributed by atoms with van der Waals surface area (Å²) in [5.41, 5.74) is 2.23. The summed E-state index contributed by atoms with van der Waals surface area (Å²) >= 11 is 0. The lowest BCUT2D eigenvalue weighted by Crippen LogP contribution is -2.30. The van der Waals surface area contributed by atoms with Crippen molar-refractivity contribution in [3.05, 3.63) is 34.2 Å². The van der Waals surface area contributed by atoms with Crippen molar-refractivity contribution >= 4 is 22.7 Å². The number of amides is 1. The molecule has 1 aromatic heterocycles. The molecule has 0 aliphatic rings. The van der Waals surface area contributed by atoms with E-state index in [9.17, 15) is 14.9 Å². The maximum Gasteiger partial charge on any atom is 0.321 e. The van der Waals surface area contributed by atoms with E-state index in [4.69, 9.17) is 10.3 Å². The van der Waals surface area contributed by atoms with Crippen molar-refractivity contribution in [3.63, 3.8) is 0 Å². The number of nitrogens with one attached hydrogen (secondary N) is 1. The van der Waals surface area contributed by atoms with Gasteiger partial charge >= 0.3 is 5.91 Å². The van der Waals surface area contributed by atoms with Crippen LogP contribution in [0.2, 0.25) is 0 Å². The van der Waals surface area contributed by atoms with Crippen molar-refractivity contribution in [2.24, 2.45) is 5.84 Å². The Hall–Kier alpha value is -2.48. The first-order chi connectivity index (χ1) is 7.61. The fourth-order valence-electron chi connectivity index (χ4n) is 1.19. The molecule has 82 valence electrons. The first-order valence-electron chi connectivity index (χ1n) is 4.18. The molecule has 1 heterocycles.